The van der Waals surface area contributed by atoms with Crippen LogP contribution in [0.2, 0.25) is 0 Å². The Hall–Kier alpha value is 0.330. The summed E-state index contributed by atoms with van der Waals surface area (Å²) >= 11 is 0. The molecule has 0 saturated carbocycles. The van der Waals surface area contributed by atoms with E-state index in [1.165, 1.54) is 0 Å². The zero-order valence-corrected chi connectivity index (χ0v) is 10.9. The van der Waals surface area contributed by atoms with Crippen LogP contribution >= 0.6 is 50.9 Å². The molecular formula is C7H10Br3N. The lowest BCUT2D eigenvalue weighted by atomic mass is 10.3. The van der Waals surface area contributed by atoms with E-state index in [1.54, 1.807) is 18.5 Å². The van der Waals surface area contributed by atoms with Crippen molar-refractivity contribution in [2.24, 2.45) is 0 Å². The molecule has 0 aliphatic carbocycles. The van der Waals surface area contributed by atoms with Gasteiger partial charge in [0.15, 0.2) is 0 Å². The van der Waals surface area contributed by atoms with Crippen molar-refractivity contribution in [1.82, 2.24) is 4.98 Å². The Balaban J connectivity index is -0.000000213. The molecule has 0 aliphatic heterocycles. The molecule has 4 heteroatoms. The summed E-state index contributed by atoms with van der Waals surface area (Å²) in [4.78, 5) is 3.85. The summed E-state index contributed by atoms with van der Waals surface area (Å²) < 4.78 is 0. The molecule has 0 saturated heterocycles. The maximum absolute atomic E-state index is 3.85. The highest BCUT2D eigenvalue weighted by molar-refractivity contribution is 8.93. The van der Waals surface area contributed by atoms with E-state index in [0.29, 0.717) is 0 Å². The summed E-state index contributed by atoms with van der Waals surface area (Å²) in [5.74, 6) is 0. The average molecular weight is 348 g/mol. The molecule has 0 N–H and O–H groups in total. The molecule has 0 bridgehead atoms. The van der Waals surface area contributed by atoms with Gasteiger partial charge < -0.3 is 0 Å². The molecule has 0 spiro atoms. The molecule has 64 valence electrons. The van der Waals surface area contributed by atoms with E-state index in [-0.39, 0.29) is 50.9 Å². The van der Waals surface area contributed by atoms with Crippen molar-refractivity contribution in [2.75, 3.05) is 0 Å². The molecule has 0 unspecified atom stereocenters. The monoisotopic (exact) mass is 345 g/mol. The van der Waals surface area contributed by atoms with E-state index >= 15 is 0 Å². The van der Waals surface area contributed by atoms with E-state index in [9.17, 15) is 0 Å². The minimum Gasteiger partial charge on any atom is -0.265 e. The molecule has 1 aromatic rings. The van der Waals surface area contributed by atoms with Gasteiger partial charge in [0, 0.05) is 12.4 Å². The molecule has 0 aromatic carbocycles. The van der Waals surface area contributed by atoms with Gasteiger partial charge in [-0.2, -0.15) is 0 Å². The van der Waals surface area contributed by atoms with Gasteiger partial charge in [-0.1, -0.05) is 12.7 Å². The SMILES string of the molecule is Br.Br.Br.C=Cc1ccncc1. The van der Waals surface area contributed by atoms with Gasteiger partial charge in [0.2, 0.25) is 0 Å². The Bertz CT molecular complexity index is 176. The fourth-order valence-corrected chi connectivity index (χ4v) is 0.500. The van der Waals surface area contributed by atoms with Crippen LogP contribution in [0.4, 0.5) is 0 Å². The van der Waals surface area contributed by atoms with Gasteiger partial charge in [0.25, 0.3) is 0 Å². The Morgan fingerprint density at radius 2 is 1.55 bits per heavy atom. The first-order valence-corrected chi connectivity index (χ1v) is 2.46. The predicted molar refractivity (Wildman–Crippen MR) is 65.3 cm³/mol. The molecule has 1 heterocycles. The molecule has 0 aliphatic rings. The summed E-state index contributed by atoms with van der Waals surface area (Å²) in [6, 6.07) is 3.82. The van der Waals surface area contributed by atoms with E-state index in [0.717, 1.165) is 5.56 Å². The third-order valence-electron chi connectivity index (χ3n) is 0.942. The third-order valence-corrected chi connectivity index (χ3v) is 0.942. The van der Waals surface area contributed by atoms with Gasteiger partial charge in [0.1, 0.15) is 0 Å². The quantitative estimate of drug-likeness (QED) is 0.758. The lowest BCUT2D eigenvalue weighted by molar-refractivity contribution is 1.32. The van der Waals surface area contributed by atoms with Crippen molar-refractivity contribution in [3.63, 3.8) is 0 Å². The van der Waals surface area contributed by atoms with Crippen LogP contribution in [0.5, 0.6) is 0 Å². The van der Waals surface area contributed by atoms with Crippen molar-refractivity contribution in [3.8, 4) is 0 Å². The molecule has 1 rings (SSSR count). The van der Waals surface area contributed by atoms with Crippen LogP contribution in [-0.4, -0.2) is 4.98 Å². The number of halogens is 3. The lowest BCUT2D eigenvalue weighted by Crippen LogP contribution is -1.69. The molecular weight excluding hydrogens is 338 g/mol. The largest absolute Gasteiger partial charge is 0.265 e. The number of aromatic nitrogens is 1. The summed E-state index contributed by atoms with van der Waals surface area (Å²) in [6.45, 7) is 3.60. The second-order valence-corrected chi connectivity index (χ2v) is 1.48. The van der Waals surface area contributed by atoms with Crippen LogP contribution in [0.3, 0.4) is 0 Å². The number of rotatable bonds is 1. The standard InChI is InChI=1S/C7H7N.3BrH/c1-2-7-3-5-8-6-4-7;;;/h2-6H,1H2;3*1H. The van der Waals surface area contributed by atoms with Crippen molar-refractivity contribution in [2.45, 2.75) is 0 Å². The van der Waals surface area contributed by atoms with E-state index in [1.807, 2.05) is 12.1 Å². The Kier molecular flexibility index (Phi) is 16.4. The van der Waals surface area contributed by atoms with Crippen LogP contribution in [0, 0.1) is 0 Å². The normalized spacial score (nSPS) is 6.18. The highest BCUT2D eigenvalue weighted by Crippen LogP contribution is 1.94. The summed E-state index contributed by atoms with van der Waals surface area (Å²) in [5.41, 5.74) is 1.11. The van der Waals surface area contributed by atoms with Crippen molar-refractivity contribution in [1.29, 1.82) is 0 Å². The fourth-order valence-electron chi connectivity index (χ4n) is 0.500. The van der Waals surface area contributed by atoms with Gasteiger partial charge in [-0.3, -0.25) is 4.98 Å². The van der Waals surface area contributed by atoms with Crippen LogP contribution in [0.25, 0.3) is 6.08 Å². The Labute approximate surface area is 98.2 Å². The number of hydrogen-bond acceptors (Lipinski definition) is 1. The molecule has 11 heavy (non-hydrogen) atoms. The van der Waals surface area contributed by atoms with Crippen molar-refractivity contribution in [3.05, 3.63) is 36.7 Å². The maximum Gasteiger partial charge on any atom is 0.0273 e. The molecule has 1 aromatic heterocycles. The summed E-state index contributed by atoms with van der Waals surface area (Å²) in [5, 5.41) is 0. The van der Waals surface area contributed by atoms with Gasteiger partial charge >= 0.3 is 0 Å². The molecule has 0 radical (unpaired) electrons. The summed E-state index contributed by atoms with van der Waals surface area (Å²) in [7, 11) is 0. The lowest BCUT2D eigenvalue weighted by Gasteiger charge is -1.84. The van der Waals surface area contributed by atoms with Crippen LogP contribution in [0.1, 0.15) is 5.56 Å². The number of hydrogen-bond donors (Lipinski definition) is 0. The summed E-state index contributed by atoms with van der Waals surface area (Å²) in [6.07, 6.45) is 5.29. The predicted octanol–water partition coefficient (Wildman–Crippen LogP) is 3.46. The second kappa shape index (κ2) is 10.3. The highest BCUT2D eigenvalue weighted by atomic mass is 79.9. The first-order valence-electron chi connectivity index (χ1n) is 2.46. The highest BCUT2D eigenvalue weighted by Gasteiger charge is 1.76. The van der Waals surface area contributed by atoms with Crippen molar-refractivity contribution >= 4 is 57.0 Å². The van der Waals surface area contributed by atoms with E-state index < -0.39 is 0 Å². The van der Waals surface area contributed by atoms with Crippen molar-refractivity contribution < 1.29 is 0 Å². The zero-order chi connectivity index (χ0) is 5.82. The zero-order valence-electron chi connectivity index (χ0n) is 5.77. The third kappa shape index (κ3) is 6.72. The molecule has 0 atom stereocenters. The molecule has 0 fully saturated rings. The maximum atomic E-state index is 3.85. The van der Waals surface area contributed by atoms with Gasteiger partial charge in [0.05, 0.1) is 0 Å². The average Bonchev–Trinajstić information content (AvgIpc) is 1.90. The first-order chi connectivity index (χ1) is 3.93. The molecule has 0 amide bonds. The first kappa shape index (κ1) is 17.4. The minimum atomic E-state index is 0. The molecule has 1 nitrogen and oxygen atoms in total. The topological polar surface area (TPSA) is 12.9 Å². The van der Waals surface area contributed by atoms with Gasteiger partial charge in [-0.05, 0) is 17.7 Å². The Morgan fingerprint density at radius 3 is 1.82 bits per heavy atom. The minimum absolute atomic E-state index is 0. The van der Waals surface area contributed by atoms with Gasteiger partial charge in [-0.25, -0.2) is 0 Å². The van der Waals surface area contributed by atoms with Gasteiger partial charge in [-0.15, -0.1) is 50.9 Å². The van der Waals surface area contributed by atoms with E-state index in [4.69, 9.17) is 0 Å². The van der Waals surface area contributed by atoms with Crippen LogP contribution in [-0.2, 0) is 0 Å². The Morgan fingerprint density at radius 1 is 1.09 bits per heavy atom. The van der Waals surface area contributed by atoms with Crippen LogP contribution in [0.15, 0.2) is 31.1 Å². The number of pyridine rings is 1. The van der Waals surface area contributed by atoms with Crippen LogP contribution < -0.4 is 0 Å². The second-order valence-electron chi connectivity index (χ2n) is 1.48. The smallest absolute Gasteiger partial charge is 0.0273 e. The number of nitrogens with zero attached hydrogens (tertiary/aromatic N) is 1. The fraction of sp³-hybridized carbons (Fsp3) is 0. The van der Waals surface area contributed by atoms with E-state index in [2.05, 4.69) is 11.6 Å².